The Morgan fingerprint density at radius 1 is 1.33 bits per heavy atom. The second kappa shape index (κ2) is 6.73. The molecule has 0 amide bonds. The number of hydrogen-bond donors (Lipinski definition) is 1. The maximum absolute atomic E-state index is 9.26. The monoisotopic (exact) mass is 284 g/mol. The van der Waals surface area contributed by atoms with E-state index in [2.05, 4.69) is 46.1 Å². The van der Waals surface area contributed by atoms with Crippen LogP contribution in [0.4, 0.5) is 0 Å². The molecule has 0 aliphatic heterocycles. The van der Waals surface area contributed by atoms with Crippen LogP contribution in [0.1, 0.15) is 38.9 Å². The molecule has 4 heteroatoms. The van der Waals surface area contributed by atoms with Crippen LogP contribution in [0.5, 0.6) is 0 Å². The van der Waals surface area contributed by atoms with Crippen molar-refractivity contribution in [2.24, 2.45) is 0 Å². The fraction of sp³-hybridized carbons (Fsp3) is 0.529. The molecule has 0 saturated heterocycles. The van der Waals surface area contributed by atoms with Crippen LogP contribution < -0.4 is 5.32 Å². The summed E-state index contributed by atoms with van der Waals surface area (Å²) in [5.74, 6) is 1.06. The maximum atomic E-state index is 9.26. The van der Waals surface area contributed by atoms with Crippen molar-refractivity contribution in [3.63, 3.8) is 0 Å². The summed E-state index contributed by atoms with van der Waals surface area (Å²) in [7, 11) is 0. The van der Waals surface area contributed by atoms with Crippen molar-refractivity contribution in [2.45, 2.75) is 52.1 Å². The van der Waals surface area contributed by atoms with Gasteiger partial charge in [0.05, 0.1) is 17.1 Å². The minimum atomic E-state index is -0.402. The van der Waals surface area contributed by atoms with Gasteiger partial charge in [-0.15, -0.1) is 0 Å². The minimum Gasteiger partial charge on any atom is -0.328 e. The minimum absolute atomic E-state index is 0.402. The highest BCUT2D eigenvalue weighted by molar-refractivity contribution is 5.75. The lowest BCUT2D eigenvalue weighted by Crippen LogP contribution is -2.40. The zero-order valence-electron chi connectivity index (χ0n) is 13.2. The summed E-state index contributed by atoms with van der Waals surface area (Å²) >= 11 is 0. The molecule has 1 unspecified atom stereocenters. The van der Waals surface area contributed by atoms with Gasteiger partial charge in [0.2, 0.25) is 0 Å². The quantitative estimate of drug-likeness (QED) is 0.793. The van der Waals surface area contributed by atoms with E-state index in [1.54, 1.807) is 0 Å². The zero-order chi connectivity index (χ0) is 15.3. The largest absolute Gasteiger partial charge is 0.328 e. The summed E-state index contributed by atoms with van der Waals surface area (Å²) in [5, 5.41) is 12.5. The molecule has 0 saturated carbocycles. The number of unbranched alkanes of at least 4 members (excludes halogenated alkanes) is 1. The zero-order valence-corrected chi connectivity index (χ0v) is 13.2. The van der Waals surface area contributed by atoms with Gasteiger partial charge < -0.3 is 4.57 Å². The molecule has 2 rings (SSSR count). The van der Waals surface area contributed by atoms with Crippen LogP contribution in [0, 0.1) is 18.3 Å². The number of nitrogens with zero attached hydrogens (tertiary/aromatic N) is 3. The predicted octanol–water partition coefficient (Wildman–Crippen LogP) is 3.41. The topological polar surface area (TPSA) is 53.6 Å². The van der Waals surface area contributed by atoms with Gasteiger partial charge in [0.15, 0.2) is 0 Å². The summed E-state index contributed by atoms with van der Waals surface area (Å²) in [4.78, 5) is 4.58. The van der Waals surface area contributed by atoms with Crippen LogP contribution in [0.3, 0.4) is 0 Å². The van der Waals surface area contributed by atoms with E-state index in [1.165, 1.54) is 5.52 Å². The summed E-state index contributed by atoms with van der Waals surface area (Å²) < 4.78 is 2.27. The fourth-order valence-electron chi connectivity index (χ4n) is 2.80. The van der Waals surface area contributed by atoms with Gasteiger partial charge >= 0.3 is 0 Å². The molecule has 0 fully saturated rings. The number of nitriles is 1. The van der Waals surface area contributed by atoms with Gasteiger partial charge in [0.1, 0.15) is 11.4 Å². The van der Waals surface area contributed by atoms with E-state index in [0.717, 1.165) is 43.7 Å². The molecule has 1 aromatic heterocycles. The first-order valence-electron chi connectivity index (χ1n) is 7.68. The lowest BCUT2D eigenvalue weighted by Gasteiger charge is -2.22. The van der Waals surface area contributed by atoms with Gasteiger partial charge in [0, 0.05) is 6.54 Å². The lowest BCUT2D eigenvalue weighted by molar-refractivity contribution is 0.404. The standard InChI is InChI=1S/C17H24N4/c1-4-19-17(3,13-18)11-7-8-12-21-14(2)20-15-9-5-6-10-16(15)21/h5-6,9-10,19H,4,7-8,11-12H2,1-3H3. The van der Waals surface area contributed by atoms with Crippen molar-refractivity contribution >= 4 is 11.0 Å². The molecule has 112 valence electrons. The highest BCUT2D eigenvalue weighted by Crippen LogP contribution is 2.18. The van der Waals surface area contributed by atoms with E-state index in [9.17, 15) is 5.26 Å². The van der Waals surface area contributed by atoms with E-state index in [-0.39, 0.29) is 0 Å². The first-order valence-corrected chi connectivity index (χ1v) is 7.68. The highest BCUT2D eigenvalue weighted by Gasteiger charge is 2.21. The Morgan fingerprint density at radius 2 is 2.10 bits per heavy atom. The second-order valence-corrected chi connectivity index (χ2v) is 5.73. The maximum Gasteiger partial charge on any atom is 0.106 e. The molecule has 21 heavy (non-hydrogen) atoms. The predicted molar refractivity (Wildman–Crippen MR) is 86.0 cm³/mol. The summed E-state index contributed by atoms with van der Waals surface area (Å²) in [5.41, 5.74) is 1.86. The van der Waals surface area contributed by atoms with Crippen molar-refractivity contribution < 1.29 is 0 Å². The van der Waals surface area contributed by atoms with E-state index in [0.29, 0.717) is 0 Å². The van der Waals surface area contributed by atoms with Gasteiger partial charge in [0.25, 0.3) is 0 Å². The third kappa shape index (κ3) is 3.62. The van der Waals surface area contributed by atoms with Crippen LogP contribution in [0.25, 0.3) is 11.0 Å². The molecule has 1 atom stereocenters. The van der Waals surface area contributed by atoms with Crippen LogP contribution in [-0.4, -0.2) is 21.6 Å². The summed E-state index contributed by atoms with van der Waals surface area (Å²) in [6.45, 7) is 7.86. The Labute approximate surface area is 126 Å². The molecule has 0 aliphatic carbocycles. The normalized spacial score (nSPS) is 14.0. The van der Waals surface area contributed by atoms with Crippen molar-refractivity contribution in [1.29, 1.82) is 5.26 Å². The molecule has 0 bridgehead atoms. The average molecular weight is 284 g/mol. The Bertz CT molecular complexity index is 638. The average Bonchev–Trinajstić information content (AvgIpc) is 2.80. The SMILES string of the molecule is CCNC(C)(C#N)CCCCn1c(C)nc2ccccc21. The third-order valence-corrected chi connectivity index (χ3v) is 3.97. The molecule has 1 heterocycles. The number of hydrogen-bond acceptors (Lipinski definition) is 3. The van der Waals surface area contributed by atoms with Crippen molar-refractivity contribution in [3.8, 4) is 6.07 Å². The van der Waals surface area contributed by atoms with E-state index in [1.807, 2.05) is 19.9 Å². The molecular weight excluding hydrogens is 260 g/mol. The number of aromatic nitrogens is 2. The van der Waals surface area contributed by atoms with Gasteiger partial charge in [-0.05, 0) is 51.8 Å². The molecule has 0 aliphatic rings. The number of imidazole rings is 1. The number of nitrogens with one attached hydrogen (secondary N) is 1. The number of fused-ring (bicyclic) bond motifs is 1. The van der Waals surface area contributed by atoms with Gasteiger partial charge in [-0.1, -0.05) is 19.1 Å². The molecular formula is C17H24N4. The number of para-hydroxylation sites is 2. The van der Waals surface area contributed by atoms with Gasteiger partial charge in [-0.2, -0.15) is 5.26 Å². The first kappa shape index (κ1) is 15.5. The van der Waals surface area contributed by atoms with E-state index in [4.69, 9.17) is 0 Å². The molecule has 0 spiro atoms. The van der Waals surface area contributed by atoms with Crippen molar-refractivity contribution in [3.05, 3.63) is 30.1 Å². The molecule has 0 radical (unpaired) electrons. The smallest absolute Gasteiger partial charge is 0.106 e. The van der Waals surface area contributed by atoms with Crippen LogP contribution >= 0.6 is 0 Å². The molecule has 2 aromatic rings. The van der Waals surface area contributed by atoms with Crippen LogP contribution in [0.15, 0.2) is 24.3 Å². The van der Waals surface area contributed by atoms with E-state index >= 15 is 0 Å². The number of rotatable bonds is 7. The lowest BCUT2D eigenvalue weighted by atomic mass is 9.96. The summed E-state index contributed by atoms with van der Waals surface area (Å²) in [6.07, 6.45) is 2.97. The fourth-order valence-corrected chi connectivity index (χ4v) is 2.80. The van der Waals surface area contributed by atoms with Crippen LogP contribution in [0.2, 0.25) is 0 Å². The van der Waals surface area contributed by atoms with E-state index < -0.39 is 5.54 Å². The highest BCUT2D eigenvalue weighted by atomic mass is 15.1. The number of aryl methyl sites for hydroxylation is 2. The molecule has 4 nitrogen and oxygen atoms in total. The number of benzene rings is 1. The van der Waals surface area contributed by atoms with Crippen molar-refractivity contribution in [1.82, 2.24) is 14.9 Å². The Morgan fingerprint density at radius 3 is 2.81 bits per heavy atom. The van der Waals surface area contributed by atoms with Gasteiger partial charge in [-0.25, -0.2) is 4.98 Å². The summed E-state index contributed by atoms with van der Waals surface area (Å²) in [6, 6.07) is 10.6. The third-order valence-electron chi connectivity index (χ3n) is 3.97. The van der Waals surface area contributed by atoms with Gasteiger partial charge in [-0.3, -0.25) is 5.32 Å². The first-order chi connectivity index (χ1) is 10.1. The molecule has 1 N–H and O–H groups in total. The van der Waals surface area contributed by atoms with Crippen LogP contribution in [-0.2, 0) is 6.54 Å². The second-order valence-electron chi connectivity index (χ2n) is 5.73. The Kier molecular flexibility index (Phi) is 4.98. The Balaban J connectivity index is 1.94. The molecule has 1 aromatic carbocycles. The van der Waals surface area contributed by atoms with Crippen molar-refractivity contribution in [2.75, 3.05) is 6.54 Å². The Hall–Kier alpha value is -1.86.